The molecule has 26 heavy (non-hydrogen) atoms. The number of nitrogens with zero attached hydrogens (tertiary/aromatic N) is 1. The zero-order valence-corrected chi connectivity index (χ0v) is 18.5. The number of hydrogen-bond donors (Lipinski definition) is 6. The maximum atomic E-state index is 11.7. The third-order valence-corrected chi connectivity index (χ3v) is 4.67. The summed E-state index contributed by atoms with van der Waals surface area (Å²) in [7, 11) is -3.06. The zero-order chi connectivity index (χ0) is 18.4. The van der Waals surface area contributed by atoms with Crippen LogP contribution in [0.2, 0.25) is 12.6 Å². The van der Waals surface area contributed by atoms with E-state index in [1.165, 1.54) is 6.55 Å². The van der Waals surface area contributed by atoms with Crippen molar-refractivity contribution in [2.75, 3.05) is 45.8 Å². The minimum Gasteiger partial charge on any atom is -0.411 e. The van der Waals surface area contributed by atoms with Crippen molar-refractivity contribution < 1.29 is 53.3 Å². The third-order valence-electron chi connectivity index (χ3n) is 3.37. The van der Waals surface area contributed by atoms with Gasteiger partial charge < -0.3 is 36.6 Å². The molecule has 2 amide bonds. The fourth-order valence-corrected chi connectivity index (χ4v) is 2.92. The smallest absolute Gasteiger partial charge is 0.329 e. The van der Waals surface area contributed by atoms with Gasteiger partial charge in [0, 0.05) is 86.2 Å². The Kier molecular flexibility index (Phi) is 21.7. The summed E-state index contributed by atoms with van der Waals surface area (Å²) < 4.78 is 0. The minimum atomic E-state index is -3.06. The molecule has 0 rings (SSSR count). The molecule has 0 saturated carbocycles. The summed E-state index contributed by atoms with van der Waals surface area (Å²) in [5.74, 6) is -0.164. The SMILES string of the molecule is C[Si](O)(O)CCCN(CCC(=O)NCCN)CCC(=O)NCCN.[Fe].[Fe]. The van der Waals surface area contributed by atoms with Crippen molar-refractivity contribution in [2.45, 2.75) is 31.9 Å². The van der Waals surface area contributed by atoms with Gasteiger partial charge in [0.2, 0.25) is 11.8 Å². The number of amides is 2. The van der Waals surface area contributed by atoms with Gasteiger partial charge in [0.15, 0.2) is 0 Å². The molecule has 0 spiro atoms. The maximum absolute atomic E-state index is 11.7. The Balaban J connectivity index is -0.00000264. The fourth-order valence-electron chi connectivity index (χ4n) is 2.09. The number of rotatable bonds is 14. The van der Waals surface area contributed by atoms with Gasteiger partial charge >= 0.3 is 8.56 Å². The Hall–Kier alpha value is -0.00416. The quantitative estimate of drug-likeness (QED) is 0.154. The van der Waals surface area contributed by atoms with Crippen molar-refractivity contribution in [3.05, 3.63) is 0 Å². The summed E-state index contributed by atoms with van der Waals surface area (Å²) in [5.41, 5.74) is 10.7. The molecule has 0 aromatic heterocycles. The van der Waals surface area contributed by atoms with Crippen molar-refractivity contribution in [3.63, 3.8) is 0 Å². The first kappa shape index (κ1) is 30.7. The molecular formula is C14H33Fe2N5O4Si. The normalized spacial score (nSPS) is 10.7. The second-order valence-electron chi connectivity index (χ2n) is 5.94. The molecule has 9 nitrogen and oxygen atoms in total. The predicted molar refractivity (Wildman–Crippen MR) is 95.3 cm³/mol. The number of nitrogens with two attached hydrogens (primary N) is 2. The molecule has 0 aliphatic carbocycles. The summed E-state index contributed by atoms with van der Waals surface area (Å²) in [5, 5.41) is 5.41. The first-order valence-electron chi connectivity index (χ1n) is 8.39. The summed E-state index contributed by atoms with van der Waals surface area (Å²) in [6.45, 7) is 4.78. The molecule has 0 aromatic rings. The third kappa shape index (κ3) is 20.3. The Morgan fingerprint density at radius 2 is 1.35 bits per heavy atom. The van der Waals surface area contributed by atoms with Crippen molar-refractivity contribution in [3.8, 4) is 0 Å². The Morgan fingerprint density at radius 1 is 0.923 bits per heavy atom. The molecule has 0 unspecified atom stereocenters. The van der Waals surface area contributed by atoms with Crippen molar-refractivity contribution >= 4 is 20.4 Å². The van der Waals surface area contributed by atoms with E-state index in [-0.39, 0.29) is 46.0 Å². The minimum absolute atomic E-state index is 0. The molecule has 158 valence electrons. The molecule has 0 heterocycles. The van der Waals surface area contributed by atoms with Crippen LogP contribution >= 0.6 is 0 Å². The van der Waals surface area contributed by atoms with Crippen LogP contribution in [-0.2, 0) is 43.7 Å². The van der Waals surface area contributed by atoms with E-state index in [1.807, 2.05) is 4.90 Å². The van der Waals surface area contributed by atoms with Crippen LogP contribution in [0.25, 0.3) is 0 Å². The predicted octanol–water partition coefficient (Wildman–Crippen LogP) is -2.34. The van der Waals surface area contributed by atoms with E-state index in [0.717, 1.165) is 0 Å². The molecule has 0 aliphatic rings. The first-order chi connectivity index (χ1) is 11.3. The van der Waals surface area contributed by atoms with E-state index in [0.29, 0.717) is 71.1 Å². The van der Waals surface area contributed by atoms with Gasteiger partial charge in [0.25, 0.3) is 0 Å². The molecule has 0 atom stereocenters. The molecule has 0 aromatic carbocycles. The molecule has 8 N–H and O–H groups in total. The maximum Gasteiger partial charge on any atom is 0.329 e. The first-order valence-corrected chi connectivity index (χ1v) is 11.0. The summed E-state index contributed by atoms with van der Waals surface area (Å²) in [6.07, 6.45) is 1.25. The molecule has 0 bridgehead atoms. The Bertz CT molecular complexity index is 352. The van der Waals surface area contributed by atoms with Gasteiger partial charge in [0.1, 0.15) is 0 Å². The topological polar surface area (TPSA) is 154 Å². The molecular weight excluding hydrogens is 442 g/mol. The van der Waals surface area contributed by atoms with Crippen LogP contribution in [0.5, 0.6) is 0 Å². The van der Waals surface area contributed by atoms with Crippen molar-refractivity contribution in [1.82, 2.24) is 15.5 Å². The number of carbonyl (C=O) groups excluding carboxylic acids is 2. The zero-order valence-electron chi connectivity index (χ0n) is 15.3. The summed E-state index contributed by atoms with van der Waals surface area (Å²) in [4.78, 5) is 44.3. The molecule has 0 fully saturated rings. The van der Waals surface area contributed by atoms with Crippen LogP contribution in [0.15, 0.2) is 0 Å². The number of carbonyl (C=O) groups is 2. The molecule has 0 aliphatic heterocycles. The second kappa shape index (κ2) is 18.4. The van der Waals surface area contributed by atoms with E-state index in [1.54, 1.807) is 0 Å². The second-order valence-corrected chi connectivity index (χ2v) is 8.87. The van der Waals surface area contributed by atoms with E-state index in [9.17, 15) is 19.2 Å². The van der Waals surface area contributed by atoms with Crippen LogP contribution < -0.4 is 22.1 Å². The Morgan fingerprint density at radius 3 is 1.69 bits per heavy atom. The average molecular weight is 475 g/mol. The van der Waals surface area contributed by atoms with Crippen molar-refractivity contribution in [1.29, 1.82) is 0 Å². The van der Waals surface area contributed by atoms with E-state index in [2.05, 4.69) is 10.6 Å². The van der Waals surface area contributed by atoms with Gasteiger partial charge in [0.05, 0.1) is 0 Å². The number of hydrogen-bond acceptors (Lipinski definition) is 7. The fraction of sp³-hybridized carbons (Fsp3) is 0.857. The van der Waals surface area contributed by atoms with E-state index >= 15 is 0 Å². The van der Waals surface area contributed by atoms with Gasteiger partial charge in [-0.2, -0.15) is 0 Å². The van der Waals surface area contributed by atoms with Crippen LogP contribution in [-0.4, -0.2) is 80.7 Å². The number of nitrogens with one attached hydrogen (secondary N) is 2. The molecule has 0 saturated heterocycles. The van der Waals surface area contributed by atoms with Gasteiger partial charge in [-0.25, -0.2) is 0 Å². The van der Waals surface area contributed by atoms with Gasteiger partial charge in [-0.15, -0.1) is 0 Å². The van der Waals surface area contributed by atoms with Crippen LogP contribution in [0.4, 0.5) is 0 Å². The monoisotopic (exact) mass is 475 g/mol. The summed E-state index contributed by atoms with van der Waals surface area (Å²) >= 11 is 0. The van der Waals surface area contributed by atoms with Gasteiger partial charge in [-0.1, -0.05) is 0 Å². The van der Waals surface area contributed by atoms with Crippen LogP contribution in [0.3, 0.4) is 0 Å². The van der Waals surface area contributed by atoms with E-state index in [4.69, 9.17) is 11.5 Å². The van der Waals surface area contributed by atoms with Gasteiger partial charge in [-0.05, 0) is 25.6 Å². The molecule has 0 radical (unpaired) electrons. The van der Waals surface area contributed by atoms with Crippen LogP contribution in [0.1, 0.15) is 19.3 Å². The standard InChI is InChI=1S/C14H33N5O4Si.2Fe/c1-24(22,23)12-2-9-19(10-3-13(20)17-7-5-15)11-4-14(21)18-8-6-16;;/h22-23H,2-12,15-16H2,1H3,(H,17,20)(H,18,21);;. The summed E-state index contributed by atoms with van der Waals surface area (Å²) in [6, 6.07) is 0.363. The average Bonchev–Trinajstić information content (AvgIpc) is 2.51. The van der Waals surface area contributed by atoms with Gasteiger partial charge in [-0.3, -0.25) is 9.59 Å². The molecule has 12 heteroatoms. The Labute approximate surface area is 178 Å². The van der Waals surface area contributed by atoms with Crippen LogP contribution in [0, 0.1) is 0 Å². The largest absolute Gasteiger partial charge is 0.411 e. The van der Waals surface area contributed by atoms with E-state index < -0.39 is 8.56 Å². The van der Waals surface area contributed by atoms with Crippen molar-refractivity contribution in [2.24, 2.45) is 11.5 Å².